The van der Waals surface area contributed by atoms with Gasteiger partial charge < -0.3 is 9.64 Å². The van der Waals surface area contributed by atoms with Crippen molar-refractivity contribution < 1.29 is 9.53 Å². The van der Waals surface area contributed by atoms with Crippen molar-refractivity contribution in [2.24, 2.45) is 0 Å². The van der Waals surface area contributed by atoms with Crippen LogP contribution < -0.4 is 4.74 Å². The molecule has 1 fully saturated rings. The van der Waals surface area contributed by atoms with Crippen molar-refractivity contribution >= 4 is 28.5 Å². The van der Waals surface area contributed by atoms with Gasteiger partial charge in [0.05, 0.1) is 15.2 Å². The lowest BCUT2D eigenvalue weighted by atomic mass is 10.2. The van der Waals surface area contributed by atoms with Crippen molar-refractivity contribution in [1.29, 1.82) is 0 Å². The molecule has 0 heterocycles. The Balaban J connectivity index is 2.34. The molecule has 0 N–H and O–H groups in total. The lowest BCUT2D eigenvalue weighted by Gasteiger charge is -2.15. The molecule has 0 atom stereocenters. The maximum atomic E-state index is 12.0. The smallest absolute Gasteiger partial charge is 0.257 e. The lowest BCUT2D eigenvalue weighted by Crippen LogP contribution is -2.22. The third-order valence-corrected chi connectivity index (χ3v) is 3.26. The maximum absolute atomic E-state index is 12.0. The van der Waals surface area contributed by atoms with Crippen LogP contribution in [0.2, 0.25) is 0 Å². The van der Waals surface area contributed by atoms with Gasteiger partial charge in [-0.1, -0.05) is 6.07 Å². The number of para-hydroxylation sites is 1. The minimum Gasteiger partial charge on any atom is -0.488 e. The molecule has 16 heavy (non-hydrogen) atoms. The van der Waals surface area contributed by atoms with Crippen LogP contribution in [-0.2, 0) is 0 Å². The summed E-state index contributed by atoms with van der Waals surface area (Å²) in [5, 5.41) is 0. The van der Waals surface area contributed by atoms with Crippen molar-refractivity contribution in [2.75, 3.05) is 14.1 Å². The van der Waals surface area contributed by atoms with Gasteiger partial charge in [0, 0.05) is 14.1 Å². The summed E-state index contributed by atoms with van der Waals surface area (Å²) in [5.41, 5.74) is 0.656. The molecule has 3 nitrogen and oxygen atoms in total. The molecule has 1 saturated carbocycles. The number of hydrogen-bond acceptors (Lipinski definition) is 2. The number of halogens is 1. The van der Waals surface area contributed by atoms with Gasteiger partial charge in [-0.05, 0) is 47.6 Å². The minimum absolute atomic E-state index is 0.00540. The quantitative estimate of drug-likeness (QED) is 0.797. The molecule has 1 aliphatic rings. The number of carbonyl (C=O) groups is 1. The van der Waals surface area contributed by atoms with E-state index in [0.717, 1.165) is 22.2 Å². The van der Waals surface area contributed by atoms with Gasteiger partial charge in [0.1, 0.15) is 5.75 Å². The zero-order valence-corrected chi connectivity index (χ0v) is 11.5. The third kappa shape index (κ3) is 2.48. The first-order valence-electron chi connectivity index (χ1n) is 5.26. The fourth-order valence-corrected chi connectivity index (χ4v) is 2.02. The Hall–Kier alpha value is -0.780. The molecule has 0 aliphatic heterocycles. The number of amides is 1. The maximum Gasteiger partial charge on any atom is 0.257 e. The summed E-state index contributed by atoms with van der Waals surface area (Å²) in [4.78, 5) is 13.5. The van der Waals surface area contributed by atoms with Gasteiger partial charge >= 0.3 is 0 Å². The van der Waals surface area contributed by atoms with Crippen LogP contribution >= 0.6 is 22.6 Å². The normalized spacial score (nSPS) is 14.7. The number of ether oxygens (including phenoxy) is 1. The highest BCUT2D eigenvalue weighted by Crippen LogP contribution is 2.33. The van der Waals surface area contributed by atoms with E-state index in [1.807, 2.05) is 18.2 Å². The summed E-state index contributed by atoms with van der Waals surface area (Å²) in [7, 11) is 3.51. The van der Waals surface area contributed by atoms with E-state index in [0.29, 0.717) is 11.7 Å². The molecule has 86 valence electrons. The first-order chi connectivity index (χ1) is 7.59. The Bertz CT molecular complexity index is 413. The van der Waals surface area contributed by atoms with Gasteiger partial charge in [-0.2, -0.15) is 0 Å². The number of rotatable bonds is 3. The second kappa shape index (κ2) is 4.61. The highest BCUT2D eigenvalue weighted by Gasteiger charge is 2.27. The molecule has 0 radical (unpaired) electrons. The number of hydrogen-bond donors (Lipinski definition) is 0. The molecule has 0 saturated heterocycles. The molecule has 0 aromatic heterocycles. The van der Waals surface area contributed by atoms with Crippen molar-refractivity contribution in [1.82, 2.24) is 4.90 Å². The predicted molar refractivity (Wildman–Crippen MR) is 70.8 cm³/mol. The molecule has 4 heteroatoms. The Labute approximate surface area is 109 Å². The van der Waals surface area contributed by atoms with Gasteiger partial charge in [0.2, 0.25) is 0 Å². The highest BCUT2D eigenvalue weighted by molar-refractivity contribution is 14.1. The summed E-state index contributed by atoms with van der Waals surface area (Å²) in [5.74, 6) is 0.735. The zero-order chi connectivity index (χ0) is 11.7. The summed E-state index contributed by atoms with van der Waals surface area (Å²) in [6.07, 6.45) is 2.51. The summed E-state index contributed by atoms with van der Waals surface area (Å²) < 4.78 is 6.80. The monoisotopic (exact) mass is 331 g/mol. The van der Waals surface area contributed by atoms with Crippen molar-refractivity contribution in [2.45, 2.75) is 18.9 Å². The Morgan fingerprint density at radius 3 is 2.69 bits per heavy atom. The SMILES string of the molecule is CN(C)C(=O)c1cccc(I)c1OC1CC1. The van der Waals surface area contributed by atoms with Gasteiger partial charge in [-0.25, -0.2) is 0 Å². The van der Waals surface area contributed by atoms with Crippen LogP contribution in [0.25, 0.3) is 0 Å². The van der Waals surface area contributed by atoms with Gasteiger partial charge in [0.15, 0.2) is 0 Å². The summed E-state index contributed by atoms with van der Waals surface area (Å²) >= 11 is 2.21. The second-order valence-corrected chi connectivity index (χ2v) is 5.30. The van der Waals surface area contributed by atoms with Crippen LogP contribution in [0, 0.1) is 3.57 Å². The topological polar surface area (TPSA) is 29.5 Å². The molecule has 1 aliphatic carbocycles. The third-order valence-electron chi connectivity index (χ3n) is 2.41. The summed E-state index contributed by atoms with van der Waals surface area (Å²) in [6.45, 7) is 0. The standard InChI is InChI=1S/C12H14INO2/c1-14(2)12(15)9-4-3-5-10(13)11(9)16-8-6-7-8/h3-5,8H,6-7H2,1-2H3. The van der Waals surface area contributed by atoms with Crippen LogP contribution in [0.4, 0.5) is 0 Å². The van der Waals surface area contributed by atoms with Crippen molar-refractivity contribution in [3.05, 3.63) is 27.3 Å². The van der Waals surface area contributed by atoms with Crippen molar-refractivity contribution in [3.63, 3.8) is 0 Å². The first-order valence-corrected chi connectivity index (χ1v) is 6.34. The average molecular weight is 331 g/mol. The summed E-state index contributed by atoms with van der Waals surface area (Å²) in [6, 6.07) is 5.67. The number of nitrogens with zero attached hydrogens (tertiary/aromatic N) is 1. The predicted octanol–water partition coefficient (Wildman–Crippen LogP) is 2.53. The molecule has 1 aromatic carbocycles. The van der Waals surface area contributed by atoms with E-state index in [1.54, 1.807) is 19.0 Å². The van der Waals surface area contributed by atoms with Gasteiger partial charge in [0.25, 0.3) is 5.91 Å². The first kappa shape index (κ1) is 11.7. The lowest BCUT2D eigenvalue weighted by molar-refractivity contribution is 0.0822. The number of carbonyl (C=O) groups excluding carboxylic acids is 1. The molecule has 0 unspecified atom stereocenters. The fraction of sp³-hybridized carbons (Fsp3) is 0.417. The van der Waals surface area contributed by atoms with E-state index in [9.17, 15) is 4.79 Å². The van der Waals surface area contributed by atoms with E-state index < -0.39 is 0 Å². The van der Waals surface area contributed by atoms with Crippen LogP contribution in [0.5, 0.6) is 5.75 Å². The second-order valence-electron chi connectivity index (χ2n) is 4.13. The van der Waals surface area contributed by atoms with Gasteiger partial charge in [-0.3, -0.25) is 4.79 Å². The molecule has 1 amide bonds. The Kier molecular flexibility index (Phi) is 3.37. The fourth-order valence-electron chi connectivity index (χ4n) is 1.39. The van der Waals surface area contributed by atoms with Gasteiger partial charge in [-0.15, -0.1) is 0 Å². The molecule has 2 rings (SSSR count). The largest absolute Gasteiger partial charge is 0.488 e. The zero-order valence-electron chi connectivity index (χ0n) is 9.37. The molecular weight excluding hydrogens is 317 g/mol. The average Bonchev–Trinajstić information content (AvgIpc) is 3.03. The number of benzene rings is 1. The Morgan fingerprint density at radius 2 is 2.12 bits per heavy atom. The molecule has 1 aromatic rings. The van der Waals surface area contributed by atoms with E-state index in [4.69, 9.17) is 4.74 Å². The van der Waals surface area contributed by atoms with Crippen LogP contribution in [0.1, 0.15) is 23.2 Å². The van der Waals surface area contributed by atoms with Crippen LogP contribution in [0.15, 0.2) is 18.2 Å². The molecule has 0 spiro atoms. The van der Waals surface area contributed by atoms with Crippen LogP contribution in [0.3, 0.4) is 0 Å². The highest BCUT2D eigenvalue weighted by atomic mass is 127. The molecule has 0 bridgehead atoms. The van der Waals surface area contributed by atoms with E-state index in [1.165, 1.54) is 0 Å². The van der Waals surface area contributed by atoms with E-state index in [2.05, 4.69) is 22.6 Å². The molecular formula is C12H14INO2. The van der Waals surface area contributed by atoms with E-state index in [-0.39, 0.29) is 5.91 Å². The Morgan fingerprint density at radius 1 is 1.44 bits per heavy atom. The minimum atomic E-state index is -0.00540. The van der Waals surface area contributed by atoms with Crippen molar-refractivity contribution in [3.8, 4) is 5.75 Å². The van der Waals surface area contributed by atoms with E-state index >= 15 is 0 Å². The van der Waals surface area contributed by atoms with Crippen LogP contribution in [-0.4, -0.2) is 31.0 Å².